The standard InChI is InChI=1S/C13H8BrCl2FN2O2/c14-10-4-9(17)5-11(16)13(10)18-6-7-1-2-8(15)3-12(7)19(20)21/h1-5,18H,6H2. The van der Waals surface area contributed by atoms with Crippen LogP contribution in [0.2, 0.25) is 10.0 Å². The predicted octanol–water partition coefficient (Wildman–Crippen LogP) is 5.42. The fourth-order valence-electron chi connectivity index (χ4n) is 1.75. The molecule has 0 atom stereocenters. The van der Waals surface area contributed by atoms with Gasteiger partial charge in [-0.15, -0.1) is 0 Å². The molecule has 0 saturated carbocycles. The molecule has 0 spiro atoms. The van der Waals surface area contributed by atoms with E-state index in [4.69, 9.17) is 23.2 Å². The topological polar surface area (TPSA) is 55.2 Å². The molecule has 8 heteroatoms. The van der Waals surface area contributed by atoms with E-state index >= 15 is 0 Å². The van der Waals surface area contributed by atoms with Gasteiger partial charge in [0.2, 0.25) is 0 Å². The molecule has 0 aliphatic carbocycles. The van der Waals surface area contributed by atoms with Gasteiger partial charge in [0, 0.05) is 27.7 Å². The van der Waals surface area contributed by atoms with Crippen LogP contribution in [0.15, 0.2) is 34.8 Å². The maximum atomic E-state index is 13.1. The van der Waals surface area contributed by atoms with Crippen LogP contribution in [0.3, 0.4) is 0 Å². The Balaban J connectivity index is 2.27. The van der Waals surface area contributed by atoms with E-state index in [1.807, 2.05) is 0 Å². The van der Waals surface area contributed by atoms with Crippen molar-refractivity contribution in [3.63, 3.8) is 0 Å². The molecule has 2 aromatic carbocycles. The molecule has 0 aliphatic heterocycles. The molecule has 0 bridgehead atoms. The Bertz CT molecular complexity index is 690. The summed E-state index contributed by atoms with van der Waals surface area (Å²) in [6, 6.07) is 6.81. The van der Waals surface area contributed by atoms with Gasteiger partial charge in [0.05, 0.1) is 15.6 Å². The first-order valence-corrected chi connectivity index (χ1v) is 7.24. The molecule has 0 fully saturated rings. The average Bonchev–Trinajstić information content (AvgIpc) is 2.38. The molecular formula is C13H8BrCl2FN2O2. The highest BCUT2D eigenvalue weighted by atomic mass is 79.9. The van der Waals surface area contributed by atoms with Crippen LogP contribution in [0.5, 0.6) is 0 Å². The molecule has 4 nitrogen and oxygen atoms in total. The van der Waals surface area contributed by atoms with Crippen LogP contribution in [0.4, 0.5) is 15.8 Å². The smallest absolute Gasteiger partial charge is 0.275 e. The third-order valence-electron chi connectivity index (χ3n) is 2.71. The van der Waals surface area contributed by atoms with E-state index in [0.717, 1.165) is 6.07 Å². The molecular weight excluding hydrogens is 386 g/mol. The number of hydrogen-bond acceptors (Lipinski definition) is 3. The van der Waals surface area contributed by atoms with Crippen molar-refractivity contribution in [2.45, 2.75) is 6.54 Å². The quantitative estimate of drug-likeness (QED) is 0.557. The van der Waals surface area contributed by atoms with Crippen molar-refractivity contribution in [3.05, 3.63) is 66.3 Å². The fourth-order valence-corrected chi connectivity index (χ4v) is 2.88. The highest BCUT2D eigenvalue weighted by Gasteiger charge is 2.15. The highest BCUT2D eigenvalue weighted by molar-refractivity contribution is 9.10. The number of rotatable bonds is 4. The van der Waals surface area contributed by atoms with E-state index in [2.05, 4.69) is 21.2 Å². The lowest BCUT2D eigenvalue weighted by Gasteiger charge is -2.11. The second-order valence-corrected chi connectivity index (χ2v) is 5.83. The third kappa shape index (κ3) is 3.84. The molecule has 110 valence electrons. The summed E-state index contributed by atoms with van der Waals surface area (Å²) in [6.45, 7) is 0.150. The zero-order valence-corrected chi connectivity index (χ0v) is 13.5. The van der Waals surface area contributed by atoms with Gasteiger partial charge in [-0.25, -0.2) is 4.39 Å². The first-order chi connectivity index (χ1) is 9.88. The first kappa shape index (κ1) is 16.0. The highest BCUT2D eigenvalue weighted by Crippen LogP contribution is 2.33. The minimum atomic E-state index is -0.510. The Labute approximate surface area is 138 Å². The van der Waals surface area contributed by atoms with Crippen molar-refractivity contribution >= 4 is 50.5 Å². The van der Waals surface area contributed by atoms with Crippen LogP contribution in [-0.2, 0) is 6.54 Å². The molecule has 0 aliphatic rings. The number of nitro groups is 1. The van der Waals surface area contributed by atoms with Crippen molar-refractivity contribution in [3.8, 4) is 0 Å². The van der Waals surface area contributed by atoms with Gasteiger partial charge in [0.15, 0.2) is 0 Å². The van der Waals surface area contributed by atoms with Crippen LogP contribution in [0.1, 0.15) is 5.56 Å². The second-order valence-electron chi connectivity index (χ2n) is 4.13. The van der Waals surface area contributed by atoms with Gasteiger partial charge >= 0.3 is 0 Å². The average molecular weight is 394 g/mol. The Morgan fingerprint density at radius 2 is 2.00 bits per heavy atom. The Kier molecular flexibility index (Phi) is 5.03. The predicted molar refractivity (Wildman–Crippen MR) is 84.5 cm³/mol. The maximum absolute atomic E-state index is 13.1. The van der Waals surface area contributed by atoms with Crippen LogP contribution in [0, 0.1) is 15.9 Å². The summed E-state index contributed by atoms with van der Waals surface area (Å²) >= 11 is 14.9. The normalized spacial score (nSPS) is 10.5. The van der Waals surface area contributed by atoms with E-state index in [0.29, 0.717) is 15.7 Å². The molecule has 21 heavy (non-hydrogen) atoms. The van der Waals surface area contributed by atoms with E-state index < -0.39 is 10.7 Å². The number of hydrogen-bond donors (Lipinski definition) is 1. The lowest BCUT2D eigenvalue weighted by molar-refractivity contribution is -0.385. The third-order valence-corrected chi connectivity index (χ3v) is 3.87. The van der Waals surface area contributed by atoms with Crippen molar-refractivity contribution < 1.29 is 9.31 Å². The van der Waals surface area contributed by atoms with Crippen LogP contribution in [0.25, 0.3) is 0 Å². The van der Waals surface area contributed by atoms with Crippen molar-refractivity contribution in [2.24, 2.45) is 0 Å². The van der Waals surface area contributed by atoms with E-state index in [1.54, 1.807) is 12.1 Å². The van der Waals surface area contributed by atoms with Crippen LogP contribution >= 0.6 is 39.1 Å². The summed E-state index contributed by atoms with van der Waals surface area (Å²) < 4.78 is 13.6. The molecule has 1 N–H and O–H groups in total. The Morgan fingerprint density at radius 3 is 2.62 bits per heavy atom. The molecule has 0 aromatic heterocycles. The summed E-state index contributed by atoms with van der Waals surface area (Å²) in [5.41, 5.74) is 0.809. The molecule has 2 aromatic rings. The number of benzene rings is 2. The Morgan fingerprint density at radius 1 is 1.29 bits per heavy atom. The van der Waals surface area contributed by atoms with Crippen molar-refractivity contribution in [1.29, 1.82) is 0 Å². The monoisotopic (exact) mass is 392 g/mol. The van der Waals surface area contributed by atoms with Gasteiger partial charge in [-0.05, 0) is 40.2 Å². The van der Waals surface area contributed by atoms with Gasteiger partial charge in [-0.1, -0.05) is 23.2 Å². The van der Waals surface area contributed by atoms with Gasteiger partial charge in [0.25, 0.3) is 5.69 Å². The number of nitrogens with zero attached hydrogens (tertiary/aromatic N) is 1. The summed E-state index contributed by atoms with van der Waals surface area (Å²) in [6.07, 6.45) is 0. The largest absolute Gasteiger partial charge is 0.379 e. The molecule has 0 radical (unpaired) electrons. The second kappa shape index (κ2) is 6.60. The summed E-state index contributed by atoms with van der Waals surface area (Å²) in [4.78, 5) is 10.5. The zero-order valence-electron chi connectivity index (χ0n) is 10.4. The number of halogens is 4. The van der Waals surface area contributed by atoms with Crippen molar-refractivity contribution in [2.75, 3.05) is 5.32 Å². The van der Waals surface area contributed by atoms with Gasteiger partial charge in [-0.2, -0.15) is 0 Å². The summed E-state index contributed by atoms with van der Waals surface area (Å²) in [7, 11) is 0. The van der Waals surface area contributed by atoms with E-state index in [9.17, 15) is 14.5 Å². The lowest BCUT2D eigenvalue weighted by atomic mass is 10.1. The first-order valence-electron chi connectivity index (χ1n) is 5.69. The number of nitro benzene ring substituents is 1. The Hall–Kier alpha value is -1.37. The maximum Gasteiger partial charge on any atom is 0.275 e. The molecule has 0 amide bonds. The lowest BCUT2D eigenvalue weighted by Crippen LogP contribution is -2.04. The van der Waals surface area contributed by atoms with Gasteiger partial charge < -0.3 is 5.32 Å². The van der Waals surface area contributed by atoms with Crippen LogP contribution in [-0.4, -0.2) is 4.92 Å². The molecule has 0 saturated heterocycles. The fraction of sp³-hybridized carbons (Fsp3) is 0.0769. The van der Waals surface area contributed by atoms with E-state index in [-0.39, 0.29) is 22.3 Å². The van der Waals surface area contributed by atoms with Crippen molar-refractivity contribution in [1.82, 2.24) is 0 Å². The van der Waals surface area contributed by atoms with Crippen LogP contribution < -0.4 is 5.32 Å². The summed E-state index contributed by atoms with van der Waals surface area (Å²) in [5.74, 6) is -0.477. The minimum absolute atomic E-state index is 0.0932. The SMILES string of the molecule is O=[N+]([O-])c1cc(Cl)ccc1CNc1c(Cl)cc(F)cc1Br. The molecule has 0 heterocycles. The summed E-state index contributed by atoms with van der Waals surface area (Å²) in [5, 5.41) is 14.4. The molecule has 0 unspecified atom stereocenters. The number of nitrogens with one attached hydrogen (secondary N) is 1. The molecule has 2 rings (SSSR count). The zero-order chi connectivity index (χ0) is 15.6. The number of anilines is 1. The van der Waals surface area contributed by atoms with Gasteiger partial charge in [-0.3, -0.25) is 10.1 Å². The minimum Gasteiger partial charge on any atom is -0.379 e. The van der Waals surface area contributed by atoms with E-state index in [1.165, 1.54) is 12.1 Å². The van der Waals surface area contributed by atoms with Gasteiger partial charge in [0.1, 0.15) is 5.82 Å².